The number of aromatic amines is 2. The third kappa shape index (κ3) is 23.7. The minimum Gasteiger partial charge on any atom is -0.393 e. The number of hydrogen-bond donors (Lipinski definition) is 11. The Morgan fingerprint density at radius 3 is 1.84 bits per heavy atom. The van der Waals surface area contributed by atoms with Gasteiger partial charge in [0.1, 0.15) is 6.04 Å². The smallest absolute Gasteiger partial charge is 0.242 e. The van der Waals surface area contributed by atoms with Gasteiger partial charge in [-0.3, -0.25) is 53.2 Å². The van der Waals surface area contributed by atoms with Crippen LogP contribution in [0.1, 0.15) is 159 Å². The largest absolute Gasteiger partial charge is 0.393 e. The summed E-state index contributed by atoms with van der Waals surface area (Å²) in [6, 6.07) is 38.6. The minimum absolute atomic E-state index is 0.0187. The maximum atomic E-state index is 16.3. The molecule has 15 atom stereocenters. The molecule has 5 aromatic carbocycles. The SMILES string of the molecule is C[C@@H](O)[C@@H]1CC(=O)[C@H](CCCCN)NC(=O)[C@@H](Cc2c[nH]c3ccccc23)CC(=O)[C@H](Cc2ccncc2)NC(=O)[C@H](Cc2ccccc2)CC(=O)[C@H](CCCN=C(N)N)NC(=O)[C@H](N(CCSC[C@@H]2C[C@@H]3c4cccc5c4C(=CC5)C[C@H]3N(C)C2)CCSC[C@@H]2C[C@@H]3c4cccc5[nH]cc(c45)C[C@H]3N(C)C2)CCCCNC(=O)[C@H](Cc2ccccc2)NC1=O. The molecule has 24 nitrogen and oxygen atoms in total. The van der Waals surface area contributed by atoms with Crippen molar-refractivity contribution in [2.75, 3.05) is 82.9 Å². The van der Waals surface area contributed by atoms with Crippen molar-refractivity contribution in [1.82, 2.24) is 56.2 Å². The Labute approximate surface area is 743 Å². The first-order chi connectivity index (χ1) is 60.7. The number of aliphatic hydroxyl groups excluding tert-OH is 1. The maximum absolute atomic E-state index is 16.3. The van der Waals surface area contributed by atoms with Crippen molar-refractivity contribution in [1.29, 1.82) is 0 Å². The van der Waals surface area contributed by atoms with Gasteiger partial charge in [-0.2, -0.15) is 23.5 Å². The van der Waals surface area contributed by atoms with Crippen LogP contribution in [-0.4, -0.2) is 219 Å². The topological polar surface area (TPSA) is 362 Å². The number of piperidine rings is 2. The van der Waals surface area contributed by atoms with Gasteiger partial charge in [0, 0.05) is 159 Å². The number of likely N-dealkylation sites (N-methyl/N-ethyl adjacent to an activating group) is 2. The fourth-order valence-corrected chi connectivity index (χ4v) is 22.8. The summed E-state index contributed by atoms with van der Waals surface area (Å²) < 4.78 is 0. The van der Waals surface area contributed by atoms with E-state index >= 15 is 28.8 Å². The fraction of sp³-hybridized carbons (Fsp3) is 0.495. The van der Waals surface area contributed by atoms with Gasteiger partial charge < -0.3 is 68.7 Å². The van der Waals surface area contributed by atoms with Crippen LogP contribution in [0.5, 0.6) is 0 Å². The molecule has 0 bridgehead atoms. The molecule has 8 aromatic rings. The Balaban J connectivity index is 0.795. The zero-order chi connectivity index (χ0) is 87.5. The Hall–Kier alpha value is -9.80. The van der Waals surface area contributed by atoms with Crippen molar-refractivity contribution in [3.63, 3.8) is 0 Å². The summed E-state index contributed by atoms with van der Waals surface area (Å²) in [6.07, 6.45) is 14.9. The van der Waals surface area contributed by atoms with E-state index in [1.165, 1.54) is 51.2 Å². The normalized spacial score (nSPS) is 25.7. The van der Waals surface area contributed by atoms with E-state index < -0.39 is 108 Å². The summed E-state index contributed by atoms with van der Waals surface area (Å²) in [5, 5.41) is 29.3. The number of para-hydroxylation sites is 1. The number of aliphatic imine (C=N–C) groups is 1. The van der Waals surface area contributed by atoms with Gasteiger partial charge in [0.05, 0.1) is 36.2 Å². The number of carbonyl (C=O) groups is 8. The molecule has 3 saturated heterocycles. The molecule has 3 aliphatic heterocycles. The summed E-state index contributed by atoms with van der Waals surface area (Å²) in [5.74, 6) is -3.03. The molecule has 125 heavy (non-hydrogen) atoms. The molecule has 14 rings (SSSR count). The number of nitrogens with one attached hydrogen (secondary N) is 7. The second-order valence-corrected chi connectivity index (χ2v) is 38.3. The van der Waals surface area contributed by atoms with Crippen molar-refractivity contribution in [2.45, 2.75) is 196 Å². The third-order valence-corrected chi connectivity index (χ3v) is 29.5. The number of ketones is 3. The number of pyridine rings is 1. The lowest BCUT2D eigenvalue weighted by Crippen LogP contribution is -2.53. The quantitative estimate of drug-likeness (QED) is 0.0123. The van der Waals surface area contributed by atoms with Gasteiger partial charge in [0.25, 0.3) is 0 Å². The van der Waals surface area contributed by atoms with Gasteiger partial charge in [-0.05, 0) is 234 Å². The standard InChI is InChI=1S/C99H127N15O9S2/c1-62(115)77-55-91(118)81(28-12-14-36-100)108-95(120)71(50-72-56-106-80-27-11-10-24-74(72)80)54-90(117)84(48-65-34-39-103-40-35-65)110-94(119)70(45-63-19-6-4-7-20-63)53-89(116)82(30-18-38-105-99(101)102)109-98(123)86(31-13-15-37-104-97(122)85(111-96(77)121)49-64-21-8-5-9-22-64)114(41-43-124-60-66-46-78-75-25-16-23-68-32-33-69(92(68)75)51-87(78)112(2)58-66)42-44-125-61-67-47-79-76-26-17-29-83-93(76)73(57-107-83)52-88(79)113(3)59-67/h4-11,16-17,19-27,29,33-35,39-40,56-57,62,66-67,70-71,77-79,81-82,84-88,106-107,115H,12-15,18,28,30-32,36-38,41-55,58-61,100H2,1-3H3,(H,104,122)(H,108,120)(H,109,123)(H,110,119)(H,111,121)(H4,101,102,105)/t62-,66-,67-,70-,71+,77+,78-,79-,81+,82+,84+,85+,86-,87-,88-/m1/s1. The average Bonchev–Trinajstić information content (AvgIpc) is 1.66. The molecular weight excluding hydrogens is 1610 g/mol. The van der Waals surface area contributed by atoms with Crippen molar-refractivity contribution < 1.29 is 43.5 Å². The number of allylic oxidation sites excluding steroid dienone is 1. The number of unbranched alkanes of at least 4 members (excludes halogenated alkanes) is 1. The summed E-state index contributed by atoms with van der Waals surface area (Å²) in [7, 11) is 4.57. The van der Waals surface area contributed by atoms with Crippen molar-refractivity contribution >= 4 is 104 Å². The summed E-state index contributed by atoms with van der Waals surface area (Å²) >= 11 is 3.85. The predicted molar refractivity (Wildman–Crippen MR) is 498 cm³/mol. The van der Waals surface area contributed by atoms with Crippen molar-refractivity contribution in [2.24, 2.45) is 51.8 Å². The van der Waals surface area contributed by atoms with Crippen LogP contribution in [0, 0.1) is 29.6 Å². The second-order valence-electron chi connectivity index (χ2n) is 36.0. The summed E-state index contributed by atoms with van der Waals surface area (Å²) in [6.45, 7) is 5.09. The predicted octanol–water partition coefficient (Wildman–Crippen LogP) is 10.1. The van der Waals surface area contributed by atoms with Crippen LogP contribution in [-0.2, 0) is 76.9 Å². The van der Waals surface area contributed by atoms with Gasteiger partial charge in [0.2, 0.25) is 29.5 Å². The fourth-order valence-electron chi connectivity index (χ4n) is 20.6. The van der Waals surface area contributed by atoms with Gasteiger partial charge in [-0.25, -0.2) is 0 Å². The molecule has 0 saturated carbocycles. The Morgan fingerprint density at radius 1 is 0.568 bits per heavy atom. The minimum atomic E-state index is -1.39. The number of guanidine groups is 1. The van der Waals surface area contributed by atoms with E-state index in [1.807, 2.05) is 108 Å². The number of H-pyrrole nitrogens is 2. The van der Waals surface area contributed by atoms with Gasteiger partial charge in [-0.15, -0.1) is 0 Å². The van der Waals surface area contributed by atoms with Crippen LogP contribution in [0.2, 0.25) is 0 Å². The Bertz CT molecular complexity index is 5080. The number of rotatable bonds is 28. The summed E-state index contributed by atoms with van der Waals surface area (Å²) in [5.41, 5.74) is 31.5. The molecule has 664 valence electrons. The van der Waals surface area contributed by atoms with Crippen LogP contribution in [0.15, 0.2) is 169 Å². The molecule has 3 aromatic heterocycles. The maximum Gasteiger partial charge on any atom is 0.242 e. The highest BCUT2D eigenvalue weighted by Crippen LogP contribution is 2.50. The van der Waals surface area contributed by atoms with E-state index in [0.717, 1.165) is 95.8 Å². The van der Waals surface area contributed by atoms with Gasteiger partial charge >= 0.3 is 0 Å². The van der Waals surface area contributed by atoms with Crippen LogP contribution in [0.4, 0.5) is 0 Å². The van der Waals surface area contributed by atoms with E-state index in [4.69, 9.17) is 17.2 Å². The molecule has 26 heteroatoms. The zero-order valence-corrected chi connectivity index (χ0v) is 74.3. The molecule has 6 heterocycles. The number of benzene rings is 5. The molecule has 14 N–H and O–H groups in total. The number of thioether (sulfide) groups is 2. The van der Waals surface area contributed by atoms with E-state index in [9.17, 15) is 14.7 Å². The molecule has 0 radical (unpaired) electrons. The number of aromatic nitrogens is 3. The van der Waals surface area contributed by atoms with Crippen molar-refractivity contribution in [3.8, 4) is 0 Å². The van der Waals surface area contributed by atoms with E-state index in [1.54, 1.807) is 30.7 Å². The highest BCUT2D eigenvalue weighted by atomic mass is 32.2. The number of carbonyl (C=O) groups excluding carboxylic acids is 8. The zero-order valence-electron chi connectivity index (χ0n) is 72.7. The number of amides is 5. The highest BCUT2D eigenvalue weighted by molar-refractivity contribution is 7.99. The lowest BCUT2D eigenvalue weighted by atomic mass is 9.70. The Morgan fingerprint density at radius 2 is 1.14 bits per heavy atom. The van der Waals surface area contributed by atoms with Crippen LogP contribution < -0.4 is 43.8 Å². The molecule has 3 aliphatic carbocycles. The van der Waals surface area contributed by atoms with Crippen LogP contribution in [0.3, 0.4) is 0 Å². The third-order valence-electron chi connectivity index (χ3n) is 27.1. The second kappa shape index (κ2) is 44.1. The first-order valence-electron chi connectivity index (χ1n) is 45.4. The number of nitrogens with zero attached hydrogens (tertiary/aromatic N) is 5. The van der Waals surface area contributed by atoms with Crippen LogP contribution in [0.25, 0.3) is 27.4 Å². The number of likely N-dealkylation sites (tertiary alicyclic amines) is 2. The first kappa shape index (κ1) is 91.4. The monoisotopic (exact) mass is 1730 g/mol. The van der Waals surface area contributed by atoms with Crippen molar-refractivity contribution in [3.05, 3.63) is 214 Å². The number of nitrogens with two attached hydrogens (primary N) is 3. The van der Waals surface area contributed by atoms with Crippen LogP contribution >= 0.6 is 23.5 Å². The Kier molecular flexibility index (Phi) is 32.2. The lowest BCUT2D eigenvalue weighted by molar-refractivity contribution is -0.137. The lowest BCUT2D eigenvalue weighted by Gasteiger charge is -2.47. The van der Waals surface area contributed by atoms with Gasteiger partial charge in [-0.1, -0.05) is 115 Å². The number of hydrogen-bond acceptors (Lipinski definition) is 17. The number of aliphatic hydroxyl groups is 1. The van der Waals surface area contributed by atoms with E-state index in [0.29, 0.717) is 93.1 Å². The molecule has 3 fully saturated rings. The molecular formula is C99H127N15O9S2. The molecule has 5 amide bonds. The average molecular weight is 1740 g/mol. The highest BCUT2D eigenvalue weighted by Gasteiger charge is 2.44. The van der Waals surface area contributed by atoms with E-state index in [-0.39, 0.29) is 76.3 Å². The first-order valence-corrected chi connectivity index (χ1v) is 47.7. The molecule has 6 aliphatic rings. The summed E-state index contributed by atoms with van der Waals surface area (Å²) in [4.78, 5) is 147. The number of Topliss-reactive ketones (excluding diaryl/α,β-unsaturated/α-hetero) is 3. The molecule has 0 unspecified atom stereocenters. The number of fused-ring (bicyclic) bond motifs is 5. The van der Waals surface area contributed by atoms with Gasteiger partial charge in [0.15, 0.2) is 23.3 Å². The van der Waals surface area contributed by atoms with E-state index in [2.05, 4.69) is 124 Å². The molecule has 0 spiro atoms.